The third-order valence-corrected chi connectivity index (χ3v) is 4.31. The molecule has 0 saturated heterocycles. The Kier molecular flexibility index (Phi) is 1.67. The topological polar surface area (TPSA) is 26.1 Å². The van der Waals surface area contributed by atoms with Crippen LogP contribution < -0.4 is 4.57 Å². The van der Waals surface area contributed by atoms with Crippen LogP contribution in [-0.2, 0) is 13.6 Å². The quantitative estimate of drug-likeness (QED) is 0.392. The summed E-state index contributed by atoms with van der Waals surface area (Å²) in [5, 5.41) is 0. The van der Waals surface area contributed by atoms with Crippen LogP contribution in [0.5, 0.6) is 0 Å². The summed E-state index contributed by atoms with van der Waals surface area (Å²) in [7, 11) is 2.14. The maximum atomic E-state index is 4.26. The van der Waals surface area contributed by atoms with Gasteiger partial charge in [-0.2, -0.15) is 0 Å². The fourth-order valence-electron chi connectivity index (χ4n) is 3.43. The molecule has 0 saturated carbocycles. The number of hydrogen-bond acceptors (Lipinski definition) is 1. The largest absolute Gasteiger partial charge is 0.275 e. The van der Waals surface area contributed by atoms with Crippen molar-refractivity contribution in [1.29, 1.82) is 0 Å². The highest BCUT2D eigenvalue weighted by Crippen LogP contribution is 2.31. The molecule has 0 N–H and O–H groups in total. The van der Waals surface area contributed by atoms with E-state index in [0.29, 0.717) is 0 Å². The Morgan fingerprint density at radius 2 is 2.10 bits per heavy atom. The van der Waals surface area contributed by atoms with Gasteiger partial charge in [0.2, 0.25) is 5.82 Å². The average Bonchev–Trinajstić information content (AvgIpc) is 3.10. The van der Waals surface area contributed by atoms with E-state index in [0.717, 1.165) is 6.54 Å². The highest BCUT2D eigenvalue weighted by atomic mass is 15.2. The number of rotatable bonds is 0. The van der Waals surface area contributed by atoms with Crippen LogP contribution in [0, 0.1) is 0 Å². The number of aryl methyl sites for hydroxylation is 1. The SMILES string of the molecule is Cn1c2[n+](c3c1cc1ccncn13)Cc1ccccc1-2. The Morgan fingerprint density at radius 3 is 3.05 bits per heavy atom. The van der Waals surface area contributed by atoms with Gasteiger partial charge in [0.25, 0.3) is 5.65 Å². The van der Waals surface area contributed by atoms with E-state index >= 15 is 0 Å². The molecule has 0 aliphatic carbocycles. The smallest absolute Gasteiger partial charge is 0.256 e. The fourth-order valence-corrected chi connectivity index (χ4v) is 3.43. The van der Waals surface area contributed by atoms with E-state index in [9.17, 15) is 0 Å². The van der Waals surface area contributed by atoms with Crippen molar-refractivity contribution in [1.82, 2.24) is 14.0 Å². The number of hydrogen-bond donors (Lipinski definition) is 0. The number of fused-ring (bicyclic) bond motifs is 7. The lowest BCUT2D eigenvalue weighted by Gasteiger charge is -1.96. The zero-order valence-electron chi connectivity index (χ0n) is 11.1. The lowest BCUT2D eigenvalue weighted by Crippen LogP contribution is -2.32. The number of nitrogens with zero attached hydrogens (tertiary/aromatic N) is 4. The standard InChI is InChI=1S/C16H13N4/c1-18-14-8-12-6-7-17-10-20(12)16(14)19-9-11-4-2-3-5-13(11)15(18)19/h2-8,10H,9H2,1H3/q+1. The van der Waals surface area contributed by atoms with Crippen LogP contribution in [-0.4, -0.2) is 14.0 Å². The first-order chi connectivity index (χ1) is 9.84. The first-order valence-corrected chi connectivity index (χ1v) is 6.76. The van der Waals surface area contributed by atoms with Gasteiger partial charge in [0, 0.05) is 17.8 Å². The predicted molar refractivity (Wildman–Crippen MR) is 76.4 cm³/mol. The van der Waals surface area contributed by atoms with E-state index in [1.54, 1.807) is 0 Å². The van der Waals surface area contributed by atoms with Crippen molar-refractivity contribution in [3.05, 3.63) is 54.5 Å². The molecule has 96 valence electrons. The monoisotopic (exact) mass is 261 g/mol. The Morgan fingerprint density at radius 1 is 1.20 bits per heavy atom. The molecule has 0 bridgehead atoms. The van der Waals surface area contributed by atoms with Gasteiger partial charge in [0.1, 0.15) is 5.52 Å². The molecule has 0 radical (unpaired) electrons. The van der Waals surface area contributed by atoms with Crippen LogP contribution in [0.2, 0.25) is 0 Å². The Bertz CT molecular complexity index is 990. The summed E-state index contributed by atoms with van der Waals surface area (Å²) in [5.41, 5.74) is 6.39. The maximum absolute atomic E-state index is 4.26. The molecule has 1 aromatic carbocycles. The van der Waals surface area contributed by atoms with Crippen LogP contribution in [0.3, 0.4) is 0 Å². The van der Waals surface area contributed by atoms with Crippen molar-refractivity contribution in [2.75, 3.05) is 0 Å². The van der Waals surface area contributed by atoms with Gasteiger partial charge in [-0.25, -0.2) is 14.0 Å². The summed E-state index contributed by atoms with van der Waals surface area (Å²) in [6.45, 7) is 0.934. The lowest BCUT2D eigenvalue weighted by atomic mass is 10.1. The Labute approximate surface area is 115 Å². The summed E-state index contributed by atoms with van der Waals surface area (Å²) < 4.78 is 6.84. The van der Waals surface area contributed by atoms with Crippen molar-refractivity contribution >= 4 is 16.7 Å². The molecule has 3 aromatic heterocycles. The third kappa shape index (κ3) is 1.04. The van der Waals surface area contributed by atoms with Crippen molar-refractivity contribution < 1.29 is 4.57 Å². The zero-order chi connectivity index (χ0) is 13.3. The van der Waals surface area contributed by atoms with Crippen molar-refractivity contribution in [3.8, 4) is 11.4 Å². The summed E-state index contributed by atoms with van der Waals surface area (Å²) in [6.07, 6.45) is 3.74. The van der Waals surface area contributed by atoms with Crippen LogP contribution in [0.1, 0.15) is 5.56 Å². The van der Waals surface area contributed by atoms with Crippen molar-refractivity contribution in [3.63, 3.8) is 0 Å². The van der Waals surface area contributed by atoms with E-state index in [-0.39, 0.29) is 0 Å². The summed E-state index contributed by atoms with van der Waals surface area (Å²) in [5.74, 6) is 1.28. The van der Waals surface area contributed by atoms with E-state index < -0.39 is 0 Å². The van der Waals surface area contributed by atoms with Gasteiger partial charge in [-0.15, -0.1) is 0 Å². The van der Waals surface area contributed by atoms with Gasteiger partial charge in [-0.1, -0.05) is 18.2 Å². The normalized spacial score (nSPS) is 13.1. The number of benzene rings is 1. The molecule has 20 heavy (non-hydrogen) atoms. The molecule has 4 aromatic rings. The van der Waals surface area contributed by atoms with Crippen LogP contribution in [0.4, 0.5) is 0 Å². The van der Waals surface area contributed by atoms with Gasteiger partial charge in [0.15, 0.2) is 11.8 Å². The summed E-state index contributed by atoms with van der Waals surface area (Å²) in [6, 6.07) is 12.9. The van der Waals surface area contributed by atoms with Gasteiger partial charge in [-0.3, -0.25) is 4.57 Å². The van der Waals surface area contributed by atoms with Gasteiger partial charge >= 0.3 is 0 Å². The maximum Gasteiger partial charge on any atom is 0.275 e. The molecule has 4 heteroatoms. The Hall–Kier alpha value is -2.62. The minimum atomic E-state index is 0.934. The van der Waals surface area contributed by atoms with Crippen LogP contribution in [0.25, 0.3) is 28.1 Å². The van der Waals surface area contributed by atoms with Crippen LogP contribution >= 0.6 is 0 Å². The first-order valence-electron chi connectivity index (χ1n) is 6.76. The molecule has 4 heterocycles. The highest BCUT2D eigenvalue weighted by Gasteiger charge is 2.32. The summed E-state index contributed by atoms with van der Waals surface area (Å²) in [4.78, 5) is 4.26. The van der Waals surface area contributed by atoms with E-state index in [4.69, 9.17) is 0 Å². The van der Waals surface area contributed by atoms with E-state index in [2.05, 4.69) is 62.0 Å². The highest BCUT2D eigenvalue weighted by molar-refractivity contribution is 5.82. The molecule has 0 amide bonds. The lowest BCUT2D eigenvalue weighted by molar-refractivity contribution is -0.648. The van der Waals surface area contributed by atoms with E-state index in [1.165, 1.54) is 33.6 Å². The molecular formula is C16H13N4+. The second-order valence-corrected chi connectivity index (χ2v) is 5.35. The molecule has 1 aliphatic heterocycles. The minimum absolute atomic E-state index is 0.934. The van der Waals surface area contributed by atoms with Gasteiger partial charge < -0.3 is 0 Å². The molecule has 1 aliphatic rings. The number of imidazole rings is 1. The molecule has 0 fully saturated rings. The average molecular weight is 261 g/mol. The molecular weight excluding hydrogens is 248 g/mol. The third-order valence-electron chi connectivity index (χ3n) is 4.31. The van der Waals surface area contributed by atoms with Gasteiger partial charge in [-0.05, 0) is 12.1 Å². The number of aromatic nitrogens is 4. The second kappa shape index (κ2) is 3.28. The molecule has 0 atom stereocenters. The zero-order valence-corrected chi connectivity index (χ0v) is 11.1. The first kappa shape index (κ1) is 10.2. The second-order valence-electron chi connectivity index (χ2n) is 5.35. The fraction of sp³-hybridized carbons (Fsp3) is 0.125. The predicted octanol–water partition coefficient (Wildman–Crippen LogP) is 2.14. The van der Waals surface area contributed by atoms with Crippen molar-refractivity contribution in [2.24, 2.45) is 7.05 Å². The Balaban J connectivity index is 1.99. The summed E-state index contributed by atoms with van der Waals surface area (Å²) >= 11 is 0. The van der Waals surface area contributed by atoms with Crippen LogP contribution in [0.15, 0.2) is 48.9 Å². The van der Waals surface area contributed by atoms with Crippen molar-refractivity contribution in [2.45, 2.75) is 6.54 Å². The molecule has 4 nitrogen and oxygen atoms in total. The minimum Gasteiger partial charge on any atom is -0.256 e. The molecule has 5 rings (SSSR count). The van der Waals surface area contributed by atoms with Gasteiger partial charge in [0.05, 0.1) is 19.2 Å². The molecule has 0 unspecified atom stereocenters. The van der Waals surface area contributed by atoms with E-state index in [1.807, 2.05) is 12.5 Å². The molecule has 0 spiro atoms.